The maximum atomic E-state index is 13.8. The number of hydrazone groups is 1. The molecule has 0 saturated heterocycles. The number of amidine groups is 2. The van der Waals surface area contributed by atoms with E-state index in [-0.39, 0.29) is 28.5 Å². The third kappa shape index (κ3) is 4.04. The molecule has 0 aliphatic carbocycles. The zero-order valence-corrected chi connectivity index (χ0v) is 17.9. The van der Waals surface area contributed by atoms with Crippen molar-refractivity contribution in [2.24, 2.45) is 10.1 Å². The smallest absolute Gasteiger partial charge is 0.346 e. The van der Waals surface area contributed by atoms with Crippen LogP contribution in [0.2, 0.25) is 0 Å². The monoisotopic (exact) mass is 452 g/mol. The minimum absolute atomic E-state index is 0.0635. The van der Waals surface area contributed by atoms with Crippen molar-refractivity contribution in [1.82, 2.24) is 5.01 Å². The van der Waals surface area contributed by atoms with Gasteiger partial charge < -0.3 is 9.47 Å². The summed E-state index contributed by atoms with van der Waals surface area (Å²) in [5.74, 6) is -1.90. The predicted molar refractivity (Wildman–Crippen MR) is 120 cm³/mol. The molecule has 2 aromatic carbocycles. The molecule has 162 valence electrons. The molecule has 32 heavy (non-hydrogen) atoms. The first kappa shape index (κ1) is 21.4. The Balaban J connectivity index is 1.61. The van der Waals surface area contributed by atoms with Crippen LogP contribution in [0, 0.1) is 11.2 Å². The first-order valence-electron chi connectivity index (χ1n) is 9.55. The fraction of sp³-hybridized carbons (Fsp3) is 0.136. The summed E-state index contributed by atoms with van der Waals surface area (Å²) in [6.45, 7) is 1.93. The van der Waals surface area contributed by atoms with Gasteiger partial charge in [-0.1, -0.05) is 25.1 Å². The van der Waals surface area contributed by atoms with Gasteiger partial charge in [0.25, 0.3) is 5.91 Å². The summed E-state index contributed by atoms with van der Waals surface area (Å²) in [6.07, 6.45) is 2.16. The van der Waals surface area contributed by atoms with Crippen LogP contribution in [0.3, 0.4) is 0 Å². The molecular weight excluding hydrogens is 435 g/mol. The number of benzene rings is 2. The Hall–Kier alpha value is -3.79. The number of carbonyl (C=O) groups is 2. The Morgan fingerprint density at radius 3 is 2.75 bits per heavy atom. The summed E-state index contributed by atoms with van der Waals surface area (Å²) >= 11 is 1.27. The zero-order valence-electron chi connectivity index (χ0n) is 17.1. The Morgan fingerprint density at radius 1 is 1.25 bits per heavy atom. The van der Waals surface area contributed by atoms with Gasteiger partial charge in [0.15, 0.2) is 17.3 Å². The fourth-order valence-electron chi connectivity index (χ4n) is 2.98. The molecule has 0 aromatic heterocycles. The van der Waals surface area contributed by atoms with E-state index in [2.05, 4.69) is 10.1 Å². The van der Waals surface area contributed by atoms with Gasteiger partial charge in [-0.05, 0) is 54.1 Å². The molecule has 2 aliphatic rings. The normalized spacial score (nSPS) is 16.6. The third-order valence-corrected chi connectivity index (χ3v) is 5.65. The van der Waals surface area contributed by atoms with E-state index in [1.807, 2.05) is 6.92 Å². The average Bonchev–Trinajstić information content (AvgIpc) is 3.21. The van der Waals surface area contributed by atoms with Gasteiger partial charge in [0.2, 0.25) is 5.17 Å². The molecule has 0 radical (unpaired) electrons. The number of hydrogen-bond donors (Lipinski definition) is 1. The Morgan fingerprint density at radius 2 is 2.03 bits per heavy atom. The van der Waals surface area contributed by atoms with Crippen molar-refractivity contribution in [2.75, 3.05) is 7.11 Å². The molecule has 10 heteroatoms. The lowest BCUT2D eigenvalue weighted by Crippen LogP contribution is -2.35. The number of nitrogens with zero attached hydrogens (tertiary/aromatic N) is 3. The average molecular weight is 452 g/mol. The minimum atomic E-state index is -0.866. The minimum Gasteiger partial charge on any atom is -0.493 e. The van der Waals surface area contributed by atoms with Crippen LogP contribution in [-0.4, -0.2) is 40.0 Å². The zero-order chi connectivity index (χ0) is 22.8. The molecule has 8 nitrogen and oxygen atoms in total. The van der Waals surface area contributed by atoms with E-state index in [1.54, 1.807) is 6.07 Å². The molecule has 0 bridgehead atoms. The van der Waals surface area contributed by atoms with Crippen LogP contribution in [-0.2, 0) is 4.79 Å². The van der Waals surface area contributed by atoms with E-state index < -0.39 is 17.7 Å². The van der Waals surface area contributed by atoms with Crippen LogP contribution >= 0.6 is 11.8 Å². The molecule has 1 N–H and O–H groups in total. The van der Waals surface area contributed by atoms with Gasteiger partial charge >= 0.3 is 5.97 Å². The Bertz CT molecular complexity index is 1240. The number of carbonyl (C=O) groups excluding carboxylic acids is 2. The van der Waals surface area contributed by atoms with Crippen molar-refractivity contribution in [2.45, 2.75) is 13.3 Å². The molecular formula is C22H17FN4O4S. The second-order valence-electron chi connectivity index (χ2n) is 6.65. The number of nitrogens with one attached hydrogen (secondary N) is 1. The van der Waals surface area contributed by atoms with E-state index in [9.17, 15) is 14.0 Å². The lowest BCUT2D eigenvalue weighted by molar-refractivity contribution is -0.114. The highest BCUT2D eigenvalue weighted by Gasteiger charge is 2.35. The lowest BCUT2D eigenvalue weighted by Gasteiger charge is -2.20. The summed E-state index contributed by atoms with van der Waals surface area (Å²) in [4.78, 5) is 28.8. The van der Waals surface area contributed by atoms with Crippen molar-refractivity contribution in [3.05, 3.63) is 65.0 Å². The highest BCUT2D eigenvalue weighted by molar-refractivity contribution is 8.26. The quantitative estimate of drug-likeness (QED) is 0.416. The maximum Gasteiger partial charge on any atom is 0.346 e. The lowest BCUT2D eigenvalue weighted by atomic mass is 10.1. The van der Waals surface area contributed by atoms with Gasteiger partial charge in [0, 0.05) is 0 Å². The summed E-state index contributed by atoms with van der Waals surface area (Å²) < 4.78 is 24.4. The molecule has 2 heterocycles. The third-order valence-electron chi connectivity index (χ3n) is 4.59. The van der Waals surface area contributed by atoms with Gasteiger partial charge in [-0.2, -0.15) is 15.1 Å². The summed E-state index contributed by atoms with van der Waals surface area (Å²) in [6, 6.07) is 10.1. The summed E-state index contributed by atoms with van der Waals surface area (Å²) in [5.41, 5.74) is 0.380. The number of hydrogen-bond acceptors (Lipinski definition) is 7. The highest BCUT2D eigenvalue weighted by atomic mass is 32.2. The number of methoxy groups -OCH3 is 1. The number of esters is 1. The number of aliphatic imine (C=N–C) groups is 1. The second kappa shape index (κ2) is 8.75. The van der Waals surface area contributed by atoms with Gasteiger partial charge in [0.05, 0.1) is 18.2 Å². The van der Waals surface area contributed by atoms with Crippen molar-refractivity contribution < 1.29 is 23.5 Å². The van der Waals surface area contributed by atoms with Crippen LogP contribution in [0.15, 0.2) is 58.1 Å². The summed E-state index contributed by atoms with van der Waals surface area (Å²) in [5, 5.41) is 15.1. The molecule has 1 amide bonds. The molecule has 0 atom stereocenters. The van der Waals surface area contributed by atoms with E-state index in [0.717, 1.165) is 5.04 Å². The second-order valence-corrected chi connectivity index (χ2v) is 7.69. The maximum absolute atomic E-state index is 13.8. The van der Waals surface area contributed by atoms with Crippen LogP contribution in [0.4, 0.5) is 4.39 Å². The highest BCUT2D eigenvalue weighted by Crippen LogP contribution is 2.32. The topological polar surface area (TPSA) is 104 Å². The van der Waals surface area contributed by atoms with Crippen LogP contribution in [0.25, 0.3) is 6.08 Å². The first-order valence-corrected chi connectivity index (χ1v) is 10.4. The van der Waals surface area contributed by atoms with E-state index >= 15 is 0 Å². The van der Waals surface area contributed by atoms with Crippen molar-refractivity contribution in [3.63, 3.8) is 0 Å². The molecule has 0 fully saturated rings. The molecule has 2 aliphatic heterocycles. The number of ether oxygens (including phenoxy) is 2. The SMILES string of the molecule is CCC1=NN2C(=N)/C(=C\c3ccc(OC(=O)c4ccccc4F)c(OC)c3)C(=O)N=C2S1. The largest absolute Gasteiger partial charge is 0.493 e. The Labute approximate surface area is 186 Å². The molecule has 0 unspecified atom stereocenters. The van der Waals surface area contributed by atoms with E-state index in [0.29, 0.717) is 17.2 Å². The Kier molecular flexibility index (Phi) is 5.87. The summed E-state index contributed by atoms with van der Waals surface area (Å²) in [7, 11) is 1.39. The standard InChI is InChI=1S/C22H17FN4O4S/c1-3-18-26-27-19(24)14(20(28)25-22(27)32-18)10-12-8-9-16(17(11-12)30-2)31-21(29)13-6-4-5-7-15(13)23/h4-11,24H,3H2,1-2H3/b14-10+,24-19?. The van der Waals surface area contributed by atoms with Crippen molar-refractivity contribution >= 4 is 45.8 Å². The van der Waals surface area contributed by atoms with E-state index in [1.165, 1.54) is 66.4 Å². The van der Waals surface area contributed by atoms with E-state index in [4.69, 9.17) is 14.9 Å². The van der Waals surface area contributed by atoms with Crippen molar-refractivity contribution in [1.29, 1.82) is 5.41 Å². The first-order chi connectivity index (χ1) is 15.4. The number of halogens is 1. The van der Waals surface area contributed by atoms with Crippen molar-refractivity contribution in [3.8, 4) is 11.5 Å². The molecule has 0 spiro atoms. The predicted octanol–water partition coefficient (Wildman–Crippen LogP) is 4.08. The van der Waals surface area contributed by atoms with Gasteiger partial charge in [-0.25, -0.2) is 9.18 Å². The number of fused-ring (bicyclic) bond motifs is 1. The van der Waals surface area contributed by atoms with Crippen LogP contribution in [0.1, 0.15) is 29.3 Å². The number of rotatable bonds is 5. The number of thioether (sulfide) groups is 1. The van der Waals surface area contributed by atoms with Gasteiger partial charge in [0.1, 0.15) is 10.9 Å². The molecule has 0 saturated carbocycles. The van der Waals surface area contributed by atoms with Crippen LogP contribution < -0.4 is 9.47 Å². The van der Waals surface area contributed by atoms with Gasteiger partial charge in [-0.15, -0.1) is 0 Å². The number of amides is 1. The van der Waals surface area contributed by atoms with Gasteiger partial charge in [-0.3, -0.25) is 10.2 Å². The fourth-order valence-corrected chi connectivity index (χ4v) is 3.81. The molecule has 2 aromatic rings. The van der Waals surface area contributed by atoms with Crippen LogP contribution in [0.5, 0.6) is 11.5 Å². The molecule has 4 rings (SSSR count).